The summed E-state index contributed by atoms with van der Waals surface area (Å²) in [6.07, 6.45) is 17.4. The Morgan fingerprint density at radius 3 is 1.79 bits per heavy atom. The van der Waals surface area contributed by atoms with Crippen LogP contribution in [0.4, 0.5) is 0 Å². The quantitative estimate of drug-likeness (QED) is 0.236. The molecule has 3 unspecified atom stereocenters. The van der Waals surface area contributed by atoms with Crippen LogP contribution in [0.3, 0.4) is 0 Å². The van der Waals surface area contributed by atoms with Gasteiger partial charge in [0.1, 0.15) is 0 Å². The van der Waals surface area contributed by atoms with Gasteiger partial charge in [-0.1, -0.05) is 104 Å². The summed E-state index contributed by atoms with van der Waals surface area (Å²) in [6, 6.07) is 0. The molecule has 4 nitrogen and oxygen atoms in total. The SMILES string of the molecule is CCCCCCCCCCCCC1(C(=O)O)CC=CCC1(C(=O)O)C(C)CC. The number of carboxylic acids is 2. The number of hydrogen-bond donors (Lipinski definition) is 2. The van der Waals surface area contributed by atoms with E-state index in [4.69, 9.17) is 0 Å². The molecule has 0 heterocycles. The summed E-state index contributed by atoms with van der Waals surface area (Å²) >= 11 is 0. The predicted octanol–water partition coefficient (Wildman–Crippen LogP) is 6.84. The Morgan fingerprint density at radius 2 is 1.32 bits per heavy atom. The van der Waals surface area contributed by atoms with Crippen molar-refractivity contribution in [2.75, 3.05) is 0 Å². The first-order valence-corrected chi connectivity index (χ1v) is 11.5. The maximum Gasteiger partial charge on any atom is 0.311 e. The molecule has 0 amide bonds. The minimum Gasteiger partial charge on any atom is -0.481 e. The highest BCUT2D eigenvalue weighted by molar-refractivity contribution is 5.87. The van der Waals surface area contributed by atoms with Gasteiger partial charge in [-0.15, -0.1) is 0 Å². The highest BCUT2D eigenvalue weighted by Crippen LogP contribution is 2.57. The van der Waals surface area contributed by atoms with Crippen LogP contribution in [0.5, 0.6) is 0 Å². The summed E-state index contributed by atoms with van der Waals surface area (Å²) in [5.41, 5.74) is -2.40. The Labute approximate surface area is 171 Å². The van der Waals surface area contributed by atoms with Gasteiger partial charge in [0.15, 0.2) is 0 Å². The van der Waals surface area contributed by atoms with Crippen LogP contribution in [0.2, 0.25) is 0 Å². The van der Waals surface area contributed by atoms with E-state index in [1.165, 1.54) is 44.9 Å². The molecular formula is C24H42O4. The van der Waals surface area contributed by atoms with E-state index in [9.17, 15) is 19.8 Å². The summed E-state index contributed by atoms with van der Waals surface area (Å²) in [5, 5.41) is 20.3. The molecule has 0 aromatic carbocycles. The van der Waals surface area contributed by atoms with Gasteiger partial charge in [-0.2, -0.15) is 0 Å². The van der Waals surface area contributed by atoms with E-state index >= 15 is 0 Å². The van der Waals surface area contributed by atoms with Gasteiger partial charge in [-0.3, -0.25) is 9.59 Å². The van der Waals surface area contributed by atoms with Crippen LogP contribution in [0.15, 0.2) is 12.2 Å². The van der Waals surface area contributed by atoms with E-state index in [0.717, 1.165) is 19.3 Å². The van der Waals surface area contributed by atoms with Crippen molar-refractivity contribution in [3.63, 3.8) is 0 Å². The molecule has 1 aliphatic rings. The van der Waals surface area contributed by atoms with Gasteiger partial charge in [0, 0.05) is 0 Å². The van der Waals surface area contributed by atoms with E-state index < -0.39 is 22.8 Å². The monoisotopic (exact) mass is 394 g/mol. The number of allylic oxidation sites excluding steroid dienone is 2. The van der Waals surface area contributed by atoms with Crippen LogP contribution in [0.25, 0.3) is 0 Å². The van der Waals surface area contributed by atoms with Gasteiger partial charge in [0.05, 0.1) is 10.8 Å². The van der Waals surface area contributed by atoms with Gasteiger partial charge in [0.2, 0.25) is 0 Å². The Hall–Kier alpha value is -1.32. The van der Waals surface area contributed by atoms with E-state index in [-0.39, 0.29) is 5.92 Å². The summed E-state index contributed by atoms with van der Waals surface area (Å²) in [4.78, 5) is 24.8. The fourth-order valence-electron chi connectivity index (χ4n) is 5.08. The fraction of sp³-hybridized carbons (Fsp3) is 0.833. The zero-order valence-corrected chi connectivity index (χ0v) is 18.3. The Morgan fingerprint density at radius 1 is 0.821 bits per heavy atom. The van der Waals surface area contributed by atoms with Crippen molar-refractivity contribution in [2.24, 2.45) is 16.7 Å². The first-order chi connectivity index (χ1) is 13.4. The molecule has 0 saturated carbocycles. The van der Waals surface area contributed by atoms with Gasteiger partial charge < -0.3 is 10.2 Å². The molecule has 4 heteroatoms. The molecule has 0 bridgehead atoms. The lowest BCUT2D eigenvalue weighted by atomic mass is 9.50. The Balaban J connectivity index is 2.65. The van der Waals surface area contributed by atoms with Crippen LogP contribution < -0.4 is 0 Å². The number of carboxylic acid groups (broad SMARTS) is 2. The Kier molecular flexibility index (Phi) is 10.8. The van der Waals surface area contributed by atoms with Gasteiger partial charge in [-0.05, 0) is 25.2 Å². The number of carbonyl (C=O) groups is 2. The minimum absolute atomic E-state index is 0.172. The molecule has 0 aliphatic heterocycles. The lowest BCUT2D eigenvalue weighted by Gasteiger charge is -2.50. The number of rotatable bonds is 15. The smallest absolute Gasteiger partial charge is 0.311 e. The van der Waals surface area contributed by atoms with Crippen molar-refractivity contribution in [3.05, 3.63) is 12.2 Å². The van der Waals surface area contributed by atoms with Crippen molar-refractivity contribution in [1.82, 2.24) is 0 Å². The van der Waals surface area contributed by atoms with Crippen LogP contribution in [0, 0.1) is 16.7 Å². The van der Waals surface area contributed by atoms with Crippen molar-refractivity contribution in [3.8, 4) is 0 Å². The second kappa shape index (κ2) is 12.3. The molecule has 3 atom stereocenters. The maximum absolute atomic E-state index is 12.4. The van der Waals surface area contributed by atoms with Crippen LogP contribution in [-0.4, -0.2) is 22.2 Å². The summed E-state index contributed by atoms with van der Waals surface area (Å²) in [6.45, 7) is 6.09. The van der Waals surface area contributed by atoms with Crippen LogP contribution in [-0.2, 0) is 9.59 Å². The Bertz CT molecular complexity index is 513. The van der Waals surface area contributed by atoms with E-state index in [1.807, 2.05) is 26.0 Å². The maximum atomic E-state index is 12.4. The highest BCUT2D eigenvalue weighted by atomic mass is 16.4. The molecular weight excluding hydrogens is 352 g/mol. The second-order valence-corrected chi connectivity index (χ2v) is 8.78. The summed E-state index contributed by atoms with van der Waals surface area (Å²) in [5.74, 6) is -2.05. The average molecular weight is 395 g/mol. The lowest BCUT2D eigenvalue weighted by molar-refractivity contribution is -0.182. The average Bonchev–Trinajstić information content (AvgIpc) is 2.68. The molecule has 0 spiro atoms. The first-order valence-electron chi connectivity index (χ1n) is 11.5. The molecule has 2 N–H and O–H groups in total. The van der Waals surface area contributed by atoms with E-state index in [2.05, 4.69) is 6.92 Å². The summed E-state index contributed by atoms with van der Waals surface area (Å²) in [7, 11) is 0. The first kappa shape index (κ1) is 24.7. The second-order valence-electron chi connectivity index (χ2n) is 8.78. The third-order valence-electron chi connectivity index (χ3n) is 7.13. The molecule has 1 aliphatic carbocycles. The van der Waals surface area contributed by atoms with E-state index in [0.29, 0.717) is 25.7 Å². The number of unbranched alkanes of at least 4 members (excludes halogenated alkanes) is 9. The standard InChI is InChI=1S/C24H42O4/c1-4-6-7-8-9-10-11-12-13-14-17-23(21(25)26)18-15-16-19-24(23,22(27)28)20(3)5-2/h15-16,20H,4-14,17-19H2,1-3H3,(H,25,26)(H,27,28). The molecule has 0 saturated heterocycles. The van der Waals surface area contributed by atoms with Gasteiger partial charge in [-0.25, -0.2) is 0 Å². The molecule has 162 valence electrons. The molecule has 0 fully saturated rings. The number of aliphatic carboxylic acids is 2. The predicted molar refractivity (Wildman–Crippen MR) is 114 cm³/mol. The third kappa shape index (κ3) is 5.61. The normalized spacial score (nSPS) is 25.5. The minimum atomic E-state index is -1.21. The largest absolute Gasteiger partial charge is 0.481 e. The fourth-order valence-corrected chi connectivity index (χ4v) is 5.08. The van der Waals surface area contributed by atoms with Gasteiger partial charge >= 0.3 is 11.9 Å². The molecule has 0 aromatic rings. The summed E-state index contributed by atoms with van der Waals surface area (Å²) < 4.78 is 0. The molecule has 0 radical (unpaired) electrons. The van der Waals surface area contributed by atoms with Crippen molar-refractivity contribution in [2.45, 2.75) is 111 Å². The van der Waals surface area contributed by atoms with E-state index in [1.54, 1.807) is 0 Å². The topological polar surface area (TPSA) is 74.6 Å². The molecule has 1 rings (SSSR count). The number of hydrogen-bond acceptors (Lipinski definition) is 2. The third-order valence-corrected chi connectivity index (χ3v) is 7.13. The molecule has 0 aromatic heterocycles. The van der Waals surface area contributed by atoms with Crippen molar-refractivity contribution >= 4 is 11.9 Å². The van der Waals surface area contributed by atoms with Crippen molar-refractivity contribution < 1.29 is 19.8 Å². The van der Waals surface area contributed by atoms with Crippen molar-refractivity contribution in [1.29, 1.82) is 0 Å². The zero-order chi connectivity index (χ0) is 21.0. The van der Waals surface area contributed by atoms with Crippen LogP contribution in [0.1, 0.15) is 111 Å². The van der Waals surface area contributed by atoms with Gasteiger partial charge in [0.25, 0.3) is 0 Å². The zero-order valence-electron chi connectivity index (χ0n) is 18.3. The highest BCUT2D eigenvalue weighted by Gasteiger charge is 2.62. The lowest BCUT2D eigenvalue weighted by Crippen LogP contribution is -2.56. The molecule has 28 heavy (non-hydrogen) atoms. The van der Waals surface area contributed by atoms with Crippen LogP contribution >= 0.6 is 0 Å².